The van der Waals surface area contributed by atoms with Crippen LogP contribution in [0.3, 0.4) is 0 Å². The first-order valence-electron chi connectivity index (χ1n) is 13.1. The van der Waals surface area contributed by atoms with Gasteiger partial charge in [-0.3, -0.25) is 9.88 Å². The third-order valence-electron chi connectivity index (χ3n) is 7.22. The second kappa shape index (κ2) is 11.7. The number of aryl methyl sites for hydroxylation is 1. The molecule has 0 radical (unpaired) electrons. The predicted octanol–water partition coefficient (Wildman–Crippen LogP) is 5.66. The highest BCUT2D eigenvalue weighted by Gasteiger charge is 2.31. The first-order chi connectivity index (χ1) is 18.9. The van der Waals surface area contributed by atoms with Crippen molar-refractivity contribution in [1.29, 1.82) is 0 Å². The van der Waals surface area contributed by atoms with E-state index in [1.165, 1.54) is 17.7 Å². The van der Waals surface area contributed by atoms with Crippen molar-refractivity contribution in [3.63, 3.8) is 0 Å². The highest BCUT2D eigenvalue weighted by Crippen LogP contribution is 2.41. The Labute approximate surface area is 228 Å². The Morgan fingerprint density at radius 3 is 2.64 bits per heavy atom. The zero-order chi connectivity index (χ0) is 27.4. The molecule has 202 valence electrons. The van der Waals surface area contributed by atoms with Crippen molar-refractivity contribution in [2.45, 2.75) is 25.8 Å². The third kappa shape index (κ3) is 5.96. The molecule has 39 heavy (non-hydrogen) atoms. The summed E-state index contributed by atoms with van der Waals surface area (Å²) in [4.78, 5) is 19.7. The number of halogens is 1. The second-order valence-electron chi connectivity index (χ2n) is 9.74. The van der Waals surface area contributed by atoms with Crippen LogP contribution >= 0.6 is 0 Å². The first-order valence-corrected chi connectivity index (χ1v) is 13.1. The maximum atomic E-state index is 13.6. The fourth-order valence-corrected chi connectivity index (χ4v) is 5.36. The number of rotatable bonds is 8. The van der Waals surface area contributed by atoms with Gasteiger partial charge < -0.3 is 20.1 Å². The average molecular weight is 529 g/mol. The number of carbonyl (C=O) groups excluding carboxylic acids is 1. The van der Waals surface area contributed by atoms with E-state index in [4.69, 9.17) is 9.47 Å². The quantitative estimate of drug-likeness (QED) is 0.309. The van der Waals surface area contributed by atoms with Crippen LogP contribution < -0.4 is 20.1 Å². The number of urea groups is 1. The Kier molecular flexibility index (Phi) is 7.93. The number of aromatic nitrogens is 1. The Balaban J connectivity index is 1.32. The molecule has 2 amide bonds. The highest BCUT2D eigenvalue weighted by atomic mass is 19.1. The summed E-state index contributed by atoms with van der Waals surface area (Å²) in [6.07, 6.45) is 1.52. The molecule has 1 aromatic heterocycles. The van der Waals surface area contributed by atoms with Crippen LogP contribution in [0.4, 0.5) is 14.9 Å². The number of para-hydroxylation sites is 1. The van der Waals surface area contributed by atoms with Gasteiger partial charge in [0.05, 0.1) is 25.4 Å². The monoisotopic (exact) mass is 528 g/mol. The summed E-state index contributed by atoms with van der Waals surface area (Å²) < 4.78 is 24.9. The van der Waals surface area contributed by atoms with Crippen molar-refractivity contribution < 1.29 is 18.7 Å². The van der Waals surface area contributed by atoms with E-state index in [0.29, 0.717) is 19.5 Å². The molecule has 5 rings (SSSR count). The fraction of sp³-hybridized carbons (Fsp3) is 0.290. The van der Waals surface area contributed by atoms with E-state index in [2.05, 4.69) is 26.6 Å². The smallest absolute Gasteiger partial charge is 0.319 e. The lowest BCUT2D eigenvalue weighted by Gasteiger charge is -2.38. The van der Waals surface area contributed by atoms with Gasteiger partial charge in [0.25, 0.3) is 0 Å². The molecule has 2 heterocycles. The molecule has 2 N–H and O–H groups in total. The number of hydrogen-bond acceptors (Lipinski definition) is 5. The second-order valence-corrected chi connectivity index (χ2v) is 9.74. The van der Waals surface area contributed by atoms with Gasteiger partial charge >= 0.3 is 6.03 Å². The predicted molar refractivity (Wildman–Crippen MR) is 151 cm³/mol. The molecule has 1 aliphatic rings. The Hall–Kier alpha value is -4.17. The first kappa shape index (κ1) is 26.4. The van der Waals surface area contributed by atoms with Crippen molar-refractivity contribution >= 4 is 22.6 Å². The number of anilines is 1. The average Bonchev–Trinajstić information content (AvgIpc) is 2.94. The minimum Gasteiger partial charge on any atom is -0.497 e. The molecule has 4 aromatic rings. The van der Waals surface area contributed by atoms with Gasteiger partial charge in [0.2, 0.25) is 0 Å². The van der Waals surface area contributed by atoms with Gasteiger partial charge in [-0.2, -0.15) is 0 Å². The van der Waals surface area contributed by atoms with Crippen molar-refractivity contribution in [3.8, 4) is 11.5 Å². The largest absolute Gasteiger partial charge is 0.497 e. The summed E-state index contributed by atoms with van der Waals surface area (Å²) in [6, 6.07) is 20.0. The zero-order valence-corrected chi connectivity index (χ0v) is 22.5. The van der Waals surface area contributed by atoms with Crippen LogP contribution in [0.5, 0.6) is 11.5 Å². The van der Waals surface area contributed by atoms with E-state index in [-0.39, 0.29) is 17.9 Å². The number of ether oxygens (including phenoxy) is 2. The normalized spacial score (nSPS) is 15.0. The Morgan fingerprint density at radius 2 is 1.87 bits per heavy atom. The van der Waals surface area contributed by atoms with Crippen LogP contribution in [-0.2, 0) is 12.8 Å². The number of hydrogen-bond donors (Lipinski definition) is 2. The molecule has 1 aliphatic heterocycles. The lowest BCUT2D eigenvalue weighted by atomic mass is 9.87. The standard InChI is InChI=1S/C31H33FN4O3/c1-20-16-27(25-6-4-5-7-26(25)34-20)35-31(37)33-13-15-36-14-12-22-18-24(38-2)19-29(39-3)30(22)28(36)17-21-8-10-23(32)11-9-21/h4-11,16,18-19,28H,12-15,17H2,1-3H3,(H2,33,34,35,37). The molecule has 0 saturated carbocycles. The maximum absolute atomic E-state index is 13.6. The molecule has 0 bridgehead atoms. The summed E-state index contributed by atoms with van der Waals surface area (Å²) in [5.74, 6) is 1.28. The maximum Gasteiger partial charge on any atom is 0.319 e. The molecule has 0 spiro atoms. The number of nitrogens with zero attached hydrogens (tertiary/aromatic N) is 2. The zero-order valence-electron chi connectivity index (χ0n) is 22.5. The van der Waals surface area contributed by atoms with E-state index in [0.717, 1.165) is 57.9 Å². The van der Waals surface area contributed by atoms with Crippen LogP contribution in [0, 0.1) is 12.7 Å². The van der Waals surface area contributed by atoms with E-state index in [1.54, 1.807) is 14.2 Å². The van der Waals surface area contributed by atoms with Crippen molar-refractivity contribution in [1.82, 2.24) is 15.2 Å². The van der Waals surface area contributed by atoms with Gasteiger partial charge in [-0.1, -0.05) is 30.3 Å². The molecule has 0 aliphatic carbocycles. The SMILES string of the molecule is COc1cc2c(c(OC)c1)C(Cc1ccc(F)cc1)N(CCNC(=O)Nc1cc(C)nc3ccccc13)CC2. The van der Waals surface area contributed by atoms with Crippen LogP contribution in [0.15, 0.2) is 66.7 Å². The molecule has 1 atom stereocenters. The molecule has 0 saturated heterocycles. The van der Waals surface area contributed by atoms with Crippen LogP contribution in [-0.4, -0.2) is 49.8 Å². The molecule has 7 nitrogen and oxygen atoms in total. The van der Waals surface area contributed by atoms with Crippen LogP contribution in [0.1, 0.15) is 28.4 Å². The molecule has 1 unspecified atom stereocenters. The summed E-state index contributed by atoms with van der Waals surface area (Å²) in [6.45, 7) is 3.83. The van der Waals surface area contributed by atoms with Crippen molar-refractivity contribution in [3.05, 3.63) is 94.9 Å². The summed E-state index contributed by atoms with van der Waals surface area (Å²) in [5, 5.41) is 6.90. The number of carbonyl (C=O) groups is 1. The minimum absolute atomic E-state index is 0.00304. The summed E-state index contributed by atoms with van der Waals surface area (Å²) in [7, 11) is 3.32. The third-order valence-corrected chi connectivity index (χ3v) is 7.22. The highest BCUT2D eigenvalue weighted by molar-refractivity contribution is 6.00. The molecular weight excluding hydrogens is 495 g/mol. The Morgan fingerprint density at radius 1 is 1.08 bits per heavy atom. The summed E-state index contributed by atoms with van der Waals surface area (Å²) in [5.41, 5.74) is 5.73. The van der Waals surface area contributed by atoms with Crippen molar-refractivity contribution in [2.75, 3.05) is 39.2 Å². The van der Waals surface area contributed by atoms with Gasteiger partial charge in [0, 0.05) is 48.4 Å². The Bertz CT molecular complexity index is 1460. The van der Waals surface area contributed by atoms with Gasteiger partial charge in [0.15, 0.2) is 0 Å². The van der Waals surface area contributed by atoms with Crippen LogP contribution in [0.2, 0.25) is 0 Å². The number of methoxy groups -OCH3 is 2. The molecular formula is C31H33FN4O3. The lowest BCUT2D eigenvalue weighted by molar-refractivity contribution is 0.180. The van der Waals surface area contributed by atoms with Gasteiger partial charge in [-0.15, -0.1) is 0 Å². The number of amides is 2. The topological polar surface area (TPSA) is 75.7 Å². The van der Waals surface area contributed by atoms with Gasteiger partial charge in [-0.05, 0) is 61.2 Å². The summed E-state index contributed by atoms with van der Waals surface area (Å²) >= 11 is 0. The van der Waals surface area contributed by atoms with Gasteiger partial charge in [0.1, 0.15) is 17.3 Å². The number of nitrogens with one attached hydrogen (secondary N) is 2. The van der Waals surface area contributed by atoms with E-state index in [9.17, 15) is 9.18 Å². The molecule has 0 fully saturated rings. The minimum atomic E-state index is -0.263. The molecule has 3 aromatic carbocycles. The number of pyridine rings is 1. The van der Waals surface area contributed by atoms with Gasteiger partial charge in [-0.25, -0.2) is 9.18 Å². The molecule has 8 heteroatoms. The van der Waals surface area contributed by atoms with Crippen molar-refractivity contribution in [2.24, 2.45) is 0 Å². The van der Waals surface area contributed by atoms with E-state index in [1.807, 2.05) is 55.5 Å². The fourth-order valence-electron chi connectivity index (χ4n) is 5.36. The number of benzene rings is 3. The van der Waals surface area contributed by atoms with E-state index < -0.39 is 0 Å². The van der Waals surface area contributed by atoms with Crippen LogP contribution in [0.25, 0.3) is 10.9 Å². The number of fused-ring (bicyclic) bond motifs is 2. The van der Waals surface area contributed by atoms with E-state index >= 15 is 0 Å². The lowest BCUT2D eigenvalue weighted by Crippen LogP contribution is -2.42.